The lowest BCUT2D eigenvalue weighted by atomic mass is 10.2. The number of carbonyl (C=O) groups excluding carboxylic acids is 1. The molecule has 0 aliphatic carbocycles. The smallest absolute Gasteiger partial charge is 0.342 e. The fourth-order valence-corrected chi connectivity index (χ4v) is 2.38. The van der Waals surface area contributed by atoms with Crippen LogP contribution in [0, 0.1) is 0 Å². The van der Waals surface area contributed by atoms with Gasteiger partial charge in [0.1, 0.15) is 5.75 Å². The van der Waals surface area contributed by atoms with E-state index in [2.05, 4.69) is 42.0 Å². The summed E-state index contributed by atoms with van der Waals surface area (Å²) in [5, 5.41) is 12.1. The monoisotopic (exact) mass is 424 g/mol. The molecule has 0 aliphatic heterocycles. The molecule has 1 amide bonds. The van der Waals surface area contributed by atoms with E-state index in [1.165, 1.54) is 6.21 Å². The predicted molar refractivity (Wildman–Crippen MR) is 99.6 cm³/mol. The predicted octanol–water partition coefficient (Wildman–Crippen LogP) is 0.572. The van der Waals surface area contributed by atoms with Gasteiger partial charge in [0.2, 0.25) is 11.7 Å². The highest BCUT2D eigenvalue weighted by molar-refractivity contribution is 9.10. The molecule has 1 heterocycles. The van der Waals surface area contributed by atoms with Gasteiger partial charge >= 0.3 is 5.69 Å². The molecule has 0 aliphatic rings. The van der Waals surface area contributed by atoms with Crippen LogP contribution in [0.2, 0.25) is 0 Å². The third kappa shape index (κ3) is 5.84. The molecule has 0 unspecified atom stereocenters. The largest absolute Gasteiger partial charge is 0.493 e. The van der Waals surface area contributed by atoms with Crippen LogP contribution in [-0.4, -0.2) is 40.5 Å². The topological polar surface area (TPSA) is 141 Å². The van der Waals surface area contributed by atoms with Gasteiger partial charge in [0.05, 0.1) is 17.3 Å². The maximum atomic E-state index is 11.7. The van der Waals surface area contributed by atoms with Gasteiger partial charge in [0.15, 0.2) is 0 Å². The second kappa shape index (κ2) is 9.51. The molecule has 138 valence electrons. The van der Waals surface area contributed by atoms with E-state index in [-0.39, 0.29) is 24.7 Å². The second-order valence-electron chi connectivity index (χ2n) is 4.95. The summed E-state index contributed by atoms with van der Waals surface area (Å²) in [6, 6.07) is 5.42. The van der Waals surface area contributed by atoms with Gasteiger partial charge in [0.25, 0.3) is 5.56 Å². The van der Waals surface area contributed by atoms with Gasteiger partial charge in [0, 0.05) is 13.0 Å². The van der Waals surface area contributed by atoms with Crippen molar-refractivity contribution in [1.29, 1.82) is 0 Å². The van der Waals surface area contributed by atoms with Crippen molar-refractivity contribution in [3.05, 3.63) is 49.1 Å². The number of hydrogen-bond acceptors (Lipinski definition) is 7. The van der Waals surface area contributed by atoms with Crippen LogP contribution in [-0.2, 0) is 4.79 Å². The number of halogens is 1. The molecule has 2 aromatic rings. The number of rotatable bonds is 8. The van der Waals surface area contributed by atoms with Crippen LogP contribution in [0.15, 0.2) is 37.4 Å². The van der Waals surface area contributed by atoms with Gasteiger partial charge in [-0.3, -0.25) is 14.6 Å². The van der Waals surface area contributed by atoms with E-state index < -0.39 is 11.2 Å². The van der Waals surface area contributed by atoms with Gasteiger partial charge in [-0.15, -0.1) is 5.10 Å². The molecule has 2 rings (SSSR count). The number of amides is 1. The van der Waals surface area contributed by atoms with Crippen LogP contribution in [0.25, 0.3) is 0 Å². The minimum atomic E-state index is -0.700. The first kappa shape index (κ1) is 19.4. The Hall–Kier alpha value is -2.95. The van der Waals surface area contributed by atoms with Gasteiger partial charge < -0.3 is 10.1 Å². The van der Waals surface area contributed by atoms with Crippen molar-refractivity contribution in [2.75, 3.05) is 18.5 Å². The first-order valence-electron chi connectivity index (χ1n) is 7.66. The Labute approximate surface area is 156 Å². The first-order valence-corrected chi connectivity index (χ1v) is 8.46. The Morgan fingerprint density at radius 1 is 1.42 bits per heavy atom. The van der Waals surface area contributed by atoms with Crippen LogP contribution in [0.4, 0.5) is 5.82 Å². The summed E-state index contributed by atoms with van der Waals surface area (Å²) < 4.78 is 6.20. The zero-order chi connectivity index (χ0) is 18.9. The van der Waals surface area contributed by atoms with Gasteiger partial charge in [-0.2, -0.15) is 5.10 Å². The number of hydrazone groups is 1. The van der Waals surface area contributed by atoms with E-state index in [1.807, 2.05) is 18.0 Å². The van der Waals surface area contributed by atoms with Crippen LogP contribution >= 0.6 is 15.9 Å². The van der Waals surface area contributed by atoms with E-state index >= 15 is 0 Å². The molecule has 10 nitrogen and oxygen atoms in total. The van der Waals surface area contributed by atoms with Crippen molar-refractivity contribution in [2.45, 2.75) is 13.3 Å². The number of nitrogens with one attached hydrogen (secondary N) is 4. The molecule has 1 aromatic carbocycles. The minimum absolute atomic E-state index is 0.0601. The van der Waals surface area contributed by atoms with E-state index in [1.54, 1.807) is 12.1 Å². The summed E-state index contributed by atoms with van der Waals surface area (Å²) in [5.41, 5.74) is 1.80. The standard InChI is InChI=1S/C15H17BrN6O4/c1-2-26-11-4-3-9(7-10(11)16)8-18-20-12(23)5-6-17-13-14(24)19-15(25)22-21-13/h3-4,7-8H,2,5-6H2,1H3,(H,17,21)(H,20,23)(H2,19,22,24,25)/b18-8+. The maximum absolute atomic E-state index is 11.7. The zero-order valence-corrected chi connectivity index (χ0v) is 15.4. The average molecular weight is 425 g/mol. The fraction of sp³-hybridized carbons (Fsp3) is 0.267. The summed E-state index contributed by atoms with van der Waals surface area (Å²) in [6.45, 7) is 2.62. The fourth-order valence-electron chi connectivity index (χ4n) is 1.87. The molecule has 0 radical (unpaired) electrons. The average Bonchev–Trinajstić information content (AvgIpc) is 2.59. The number of aromatic amines is 2. The Bertz CT molecular complexity index is 907. The molecule has 26 heavy (non-hydrogen) atoms. The lowest BCUT2D eigenvalue weighted by Gasteiger charge is -2.06. The first-order chi connectivity index (χ1) is 12.5. The number of H-pyrrole nitrogens is 2. The normalized spacial score (nSPS) is 10.7. The van der Waals surface area contributed by atoms with Crippen LogP contribution in [0.1, 0.15) is 18.9 Å². The Morgan fingerprint density at radius 3 is 2.92 bits per heavy atom. The van der Waals surface area contributed by atoms with E-state index in [0.717, 1.165) is 15.8 Å². The summed E-state index contributed by atoms with van der Waals surface area (Å²) in [5.74, 6) is 0.311. The van der Waals surface area contributed by atoms with Gasteiger partial charge in [-0.25, -0.2) is 15.3 Å². The number of anilines is 1. The van der Waals surface area contributed by atoms with Crippen molar-refractivity contribution >= 4 is 33.9 Å². The quantitative estimate of drug-likeness (QED) is 0.360. The van der Waals surface area contributed by atoms with Crippen molar-refractivity contribution in [1.82, 2.24) is 20.6 Å². The summed E-state index contributed by atoms with van der Waals surface area (Å²) in [4.78, 5) is 36.0. The molecule has 11 heteroatoms. The van der Waals surface area contributed by atoms with Crippen molar-refractivity contribution < 1.29 is 9.53 Å². The highest BCUT2D eigenvalue weighted by atomic mass is 79.9. The van der Waals surface area contributed by atoms with Crippen LogP contribution in [0.5, 0.6) is 5.75 Å². The number of carbonyl (C=O) groups is 1. The zero-order valence-electron chi connectivity index (χ0n) is 13.8. The van der Waals surface area contributed by atoms with E-state index in [0.29, 0.717) is 6.61 Å². The lowest BCUT2D eigenvalue weighted by Crippen LogP contribution is -2.28. The van der Waals surface area contributed by atoms with Crippen LogP contribution in [0.3, 0.4) is 0 Å². The van der Waals surface area contributed by atoms with Crippen molar-refractivity contribution in [2.24, 2.45) is 5.10 Å². The Morgan fingerprint density at radius 2 is 2.23 bits per heavy atom. The van der Waals surface area contributed by atoms with E-state index in [4.69, 9.17) is 4.74 Å². The molecule has 4 N–H and O–H groups in total. The lowest BCUT2D eigenvalue weighted by molar-refractivity contribution is -0.120. The van der Waals surface area contributed by atoms with Crippen molar-refractivity contribution in [3.8, 4) is 5.75 Å². The number of ether oxygens (including phenoxy) is 1. The number of aromatic nitrogens is 3. The van der Waals surface area contributed by atoms with E-state index in [9.17, 15) is 14.4 Å². The van der Waals surface area contributed by atoms with Gasteiger partial charge in [-0.05, 0) is 46.6 Å². The van der Waals surface area contributed by atoms with Crippen molar-refractivity contribution in [3.63, 3.8) is 0 Å². The maximum Gasteiger partial charge on any atom is 0.342 e. The summed E-state index contributed by atoms with van der Waals surface area (Å²) >= 11 is 3.40. The second-order valence-corrected chi connectivity index (χ2v) is 5.80. The third-order valence-electron chi connectivity index (χ3n) is 3.01. The number of hydrogen-bond donors (Lipinski definition) is 4. The summed E-state index contributed by atoms with van der Waals surface area (Å²) in [7, 11) is 0. The molecule has 0 fully saturated rings. The molecular formula is C15H17BrN6O4. The molecule has 0 spiro atoms. The third-order valence-corrected chi connectivity index (χ3v) is 3.63. The summed E-state index contributed by atoms with van der Waals surface area (Å²) in [6.07, 6.45) is 1.56. The molecule has 0 bridgehead atoms. The highest BCUT2D eigenvalue weighted by Crippen LogP contribution is 2.25. The molecule has 0 saturated heterocycles. The van der Waals surface area contributed by atoms with Gasteiger partial charge in [-0.1, -0.05) is 0 Å². The Balaban J connectivity index is 1.79. The Kier molecular flexibility index (Phi) is 7.09. The number of benzene rings is 1. The molecule has 1 aromatic heterocycles. The molecule has 0 saturated carbocycles. The minimum Gasteiger partial charge on any atom is -0.493 e. The molecular weight excluding hydrogens is 408 g/mol. The highest BCUT2D eigenvalue weighted by Gasteiger charge is 2.04. The van der Waals surface area contributed by atoms with Crippen LogP contribution < -0.4 is 26.7 Å². The SMILES string of the molecule is CCOc1ccc(/C=N/NC(=O)CCNc2n[nH]c(=O)[nH]c2=O)cc1Br. The number of nitrogens with zero attached hydrogens (tertiary/aromatic N) is 2. The molecule has 0 atom stereocenters.